The van der Waals surface area contributed by atoms with Crippen LogP contribution in [0.15, 0.2) is 29.5 Å². The van der Waals surface area contributed by atoms with Gasteiger partial charge in [0.05, 0.1) is 5.71 Å². The van der Waals surface area contributed by atoms with Gasteiger partial charge in [0.1, 0.15) is 0 Å². The summed E-state index contributed by atoms with van der Waals surface area (Å²) in [7, 11) is 0. The molecule has 0 aromatic carbocycles. The molecule has 0 saturated heterocycles. The van der Waals surface area contributed by atoms with E-state index in [1.165, 1.54) is 0 Å². The molecule has 0 saturated carbocycles. The van der Waals surface area contributed by atoms with E-state index >= 15 is 0 Å². The van der Waals surface area contributed by atoms with Gasteiger partial charge in [-0.15, -0.1) is 0 Å². The lowest BCUT2D eigenvalue weighted by molar-refractivity contribution is 1.31. The SMILES string of the molecule is S=C1N=C(c2cccnc2)CS1. The molecule has 12 heavy (non-hydrogen) atoms. The highest BCUT2D eigenvalue weighted by Crippen LogP contribution is 2.18. The second-order valence-electron chi connectivity index (χ2n) is 2.35. The Balaban J connectivity index is 2.33. The van der Waals surface area contributed by atoms with Crippen molar-refractivity contribution in [3.05, 3.63) is 30.1 Å². The van der Waals surface area contributed by atoms with Crippen molar-refractivity contribution in [1.29, 1.82) is 0 Å². The lowest BCUT2D eigenvalue weighted by Gasteiger charge is -1.95. The highest BCUT2D eigenvalue weighted by Gasteiger charge is 2.12. The normalized spacial score (nSPS) is 16.3. The largest absolute Gasteiger partial charge is 0.264 e. The Hall–Kier alpha value is -0.740. The maximum Gasteiger partial charge on any atom is 0.160 e. The molecule has 1 aromatic rings. The monoisotopic (exact) mass is 194 g/mol. The first-order valence-corrected chi connectivity index (χ1v) is 4.90. The van der Waals surface area contributed by atoms with E-state index < -0.39 is 0 Å². The van der Waals surface area contributed by atoms with Gasteiger partial charge in [0, 0.05) is 23.7 Å². The lowest BCUT2D eigenvalue weighted by atomic mass is 10.2. The van der Waals surface area contributed by atoms with Crippen molar-refractivity contribution in [3.8, 4) is 0 Å². The fourth-order valence-electron chi connectivity index (χ4n) is 0.986. The number of aromatic nitrogens is 1. The predicted octanol–water partition coefficient (Wildman–Crippen LogP) is 1.90. The van der Waals surface area contributed by atoms with Crippen molar-refractivity contribution in [3.63, 3.8) is 0 Å². The van der Waals surface area contributed by atoms with Crippen molar-refractivity contribution in [1.82, 2.24) is 4.98 Å². The summed E-state index contributed by atoms with van der Waals surface area (Å²) in [6, 6.07) is 3.91. The van der Waals surface area contributed by atoms with E-state index in [9.17, 15) is 0 Å². The number of thiocarbonyl (C=S) groups is 1. The van der Waals surface area contributed by atoms with Crippen LogP contribution in [-0.4, -0.2) is 20.8 Å². The minimum atomic E-state index is 0.730. The highest BCUT2D eigenvalue weighted by atomic mass is 32.2. The zero-order chi connectivity index (χ0) is 8.39. The van der Waals surface area contributed by atoms with Gasteiger partial charge in [-0.1, -0.05) is 30.0 Å². The molecule has 2 nitrogen and oxygen atoms in total. The zero-order valence-corrected chi connectivity index (χ0v) is 7.86. The van der Waals surface area contributed by atoms with Crippen LogP contribution in [0.25, 0.3) is 0 Å². The van der Waals surface area contributed by atoms with Crippen molar-refractivity contribution >= 4 is 34.0 Å². The van der Waals surface area contributed by atoms with Gasteiger partial charge in [-0.3, -0.25) is 4.98 Å². The number of thioether (sulfide) groups is 1. The third-order valence-electron chi connectivity index (χ3n) is 1.55. The molecule has 0 unspecified atom stereocenters. The molecule has 1 aliphatic heterocycles. The topological polar surface area (TPSA) is 25.2 Å². The fraction of sp³-hybridized carbons (Fsp3) is 0.125. The molecule has 0 spiro atoms. The minimum absolute atomic E-state index is 0.730. The summed E-state index contributed by atoms with van der Waals surface area (Å²) < 4.78 is 0.730. The smallest absolute Gasteiger partial charge is 0.160 e. The quantitative estimate of drug-likeness (QED) is 0.638. The Labute approximate surface area is 80.1 Å². The van der Waals surface area contributed by atoms with Crippen molar-refractivity contribution in [2.24, 2.45) is 4.99 Å². The molecular weight excluding hydrogens is 188 g/mol. The molecule has 0 N–H and O–H groups in total. The molecule has 1 aliphatic rings. The Kier molecular flexibility index (Phi) is 2.19. The van der Waals surface area contributed by atoms with E-state index in [4.69, 9.17) is 12.2 Å². The minimum Gasteiger partial charge on any atom is -0.264 e. The first-order valence-electron chi connectivity index (χ1n) is 3.51. The van der Waals surface area contributed by atoms with Crippen LogP contribution in [-0.2, 0) is 0 Å². The zero-order valence-electron chi connectivity index (χ0n) is 6.23. The van der Waals surface area contributed by atoms with Crippen molar-refractivity contribution in [2.75, 3.05) is 5.75 Å². The maximum atomic E-state index is 4.95. The van der Waals surface area contributed by atoms with Gasteiger partial charge in [0.25, 0.3) is 0 Å². The molecule has 0 radical (unpaired) electrons. The van der Waals surface area contributed by atoms with E-state index in [2.05, 4.69) is 9.98 Å². The Morgan fingerprint density at radius 3 is 3.00 bits per heavy atom. The van der Waals surface area contributed by atoms with Crippen LogP contribution in [0.3, 0.4) is 0 Å². The molecule has 0 atom stereocenters. The van der Waals surface area contributed by atoms with Gasteiger partial charge in [0.15, 0.2) is 4.32 Å². The molecule has 1 aromatic heterocycles. The van der Waals surface area contributed by atoms with E-state index in [1.54, 1.807) is 18.0 Å². The van der Waals surface area contributed by atoms with Crippen LogP contribution in [0, 0.1) is 0 Å². The average molecular weight is 194 g/mol. The van der Waals surface area contributed by atoms with Gasteiger partial charge in [-0.05, 0) is 6.07 Å². The summed E-state index contributed by atoms with van der Waals surface area (Å²) in [5.41, 5.74) is 2.11. The van der Waals surface area contributed by atoms with E-state index in [0.29, 0.717) is 0 Å². The van der Waals surface area contributed by atoms with Gasteiger partial charge in [-0.2, -0.15) is 0 Å². The van der Waals surface area contributed by atoms with Gasteiger partial charge >= 0.3 is 0 Å². The molecule has 4 heteroatoms. The first-order chi connectivity index (χ1) is 5.86. The molecule has 0 fully saturated rings. The van der Waals surface area contributed by atoms with Gasteiger partial charge in [0.2, 0.25) is 0 Å². The Bertz CT molecular complexity index is 332. The summed E-state index contributed by atoms with van der Waals surface area (Å²) in [5.74, 6) is 0.879. The third-order valence-corrected chi connectivity index (χ3v) is 2.75. The predicted molar refractivity (Wildman–Crippen MR) is 55.8 cm³/mol. The molecule has 2 heterocycles. The maximum absolute atomic E-state index is 4.95. The first kappa shape index (κ1) is 7.89. The number of hydrogen-bond acceptors (Lipinski definition) is 3. The van der Waals surface area contributed by atoms with E-state index in [1.807, 2.05) is 18.3 Å². The van der Waals surface area contributed by atoms with Crippen LogP contribution in [0.2, 0.25) is 0 Å². The third kappa shape index (κ3) is 1.54. The molecule has 0 aliphatic carbocycles. The molecular formula is C8H6N2S2. The summed E-state index contributed by atoms with van der Waals surface area (Å²) in [6.07, 6.45) is 3.57. The van der Waals surface area contributed by atoms with Crippen LogP contribution >= 0.6 is 24.0 Å². The van der Waals surface area contributed by atoms with Crippen LogP contribution in [0.4, 0.5) is 0 Å². The van der Waals surface area contributed by atoms with Crippen molar-refractivity contribution < 1.29 is 0 Å². The van der Waals surface area contributed by atoms with E-state index in [-0.39, 0.29) is 0 Å². The average Bonchev–Trinajstić information content (AvgIpc) is 2.54. The number of pyridine rings is 1. The molecule has 0 bridgehead atoms. The van der Waals surface area contributed by atoms with Gasteiger partial charge < -0.3 is 0 Å². The standard InChI is InChI=1S/C8H6N2S2/c11-8-10-7(5-12-8)6-2-1-3-9-4-6/h1-4H,5H2. The highest BCUT2D eigenvalue weighted by molar-refractivity contribution is 8.23. The van der Waals surface area contributed by atoms with Gasteiger partial charge in [-0.25, -0.2) is 4.99 Å². The second-order valence-corrected chi connectivity index (χ2v) is 3.96. The Morgan fingerprint density at radius 2 is 2.42 bits per heavy atom. The number of aliphatic imine (C=N–C) groups is 1. The summed E-state index contributed by atoms with van der Waals surface area (Å²) in [5, 5.41) is 0. The lowest BCUT2D eigenvalue weighted by Crippen LogP contribution is -1.99. The summed E-state index contributed by atoms with van der Waals surface area (Å²) in [4.78, 5) is 8.25. The van der Waals surface area contributed by atoms with Crippen LogP contribution in [0.5, 0.6) is 0 Å². The fourth-order valence-corrected chi connectivity index (χ4v) is 1.94. The summed E-state index contributed by atoms with van der Waals surface area (Å²) >= 11 is 6.55. The molecule has 2 rings (SSSR count). The van der Waals surface area contributed by atoms with Crippen LogP contribution < -0.4 is 0 Å². The molecule has 0 amide bonds. The second kappa shape index (κ2) is 3.33. The number of hydrogen-bond donors (Lipinski definition) is 0. The number of rotatable bonds is 1. The summed E-state index contributed by atoms with van der Waals surface area (Å²) in [6.45, 7) is 0. The van der Waals surface area contributed by atoms with Crippen molar-refractivity contribution in [2.45, 2.75) is 0 Å². The Morgan fingerprint density at radius 1 is 1.50 bits per heavy atom. The number of nitrogens with zero attached hydrogens (tertiary/aromatic N) is 2. The molecule has 60 valence electrons. The van der Waals surface area contributed by atoms with E-state index in [0.717, 1.165) is 21.3 Å². The van der Waals surface area contributed by atoms with Crippen LogP contribution in [0.1, 0.15) is 5.56 Å².